The van der Waals surface area contributed by atoms with Crippen LogP contribution in [0.2, 0.25) is 0 Å². The van der Waals surface area contributed by atoms with Crippen molar-refractivity contribution in [3.63, 3.8) is 0 Å². The Morgan fingerprint density at radius 2 is 1.82 bits per heavy atom. The van der Waals surface area contributed by atoms with E-state index < -0.39 is 6.04 Å². The molecule has 1 aromatic heterocycles. The van der Waals surface area contributed by atoms with Gasteiger partial charge in [-0.3, -0.25) is 14.5 Å². The highest BCUT2D eigenvalue weighted by Gasteiger charge is 2.54. The Kier molecular flexibility index (Phi) is 5.52. The normalized spacial score (nSPS) is 23.7. The lowest BCUT2D eigenvalue weighted by Crippen LogP contribution is -2.44. The molecule has 0 bridgehead atoms. The third kappa shape index (κ3) is 3.53. The quantitative estimate of drug-likeness (QED) is 0.631. The monoisotopic (exact) mass is 445 g/mol. The average molecular weight is 446 g/mol. The summed E-state index contributed by atoms with van der Waals surface area (Å²) in [4.78, 5) is 28.5. The minimum absolute atomic E-state index is 0.0228. The number of nitrogens with one attached hydrogen (secondary N) is 1. The van der Waals surface area contributed by atoms with Gasteiger partial charge in [-0.25, -0.2) is 0 Å². The number of fused-ring (bicyclic) bond motifs is 3. The zero-order chi connectivity index (χ0) is 23.1. The third-order valence-corrected chi connectivity index (χ3v) is 7.06. The number of aliphatic hydroxyl groups is 1. The van der Waals surface area contributed by atoms with Crippen LogP contribution in [-0.4, -0.2) is 47.3 Å². The van der Waals surface area contributed by atoms with Gasteiger partial charge in [0.05, 0.1) is 19.2 Å². The van der Waals surface area contributed by atoms with Gasteiger partial charge in [-0.1, -0.05) is 30.3 Å². The molecule has 0 radical (unpaired) electrons. The zero-order valence-corrected chi connectivity index (χ0v) is 18.6. The van der Waals surface area contributed by atoms with Crippen molar-refractivity contribution in [1.82, 2.24) is 9.47 Å². The summed E-state index contributed by atoms with van der Waals surface area (Å²) in [7, 11) is 3.51. The Bertz CT molecular complexity index is 1220. The van der Waals surface area contributed by atoms with Crippen LogP contribution in [-0.2, 0) is 11.3 Å². The van der Waals surface area contributed by atoms with E-state index in [1.807, 2.05) is 78.7 Å². The van der Waals surface area contributed by atoms with E-state index in [1.54, 1.807) is 11.7 Å². The molecule has 1 amide bonds. The number of amides is 1. The number of hydrogen-bond donors (Lipinski definition) is 2. The maximum absolute atomic E-state index is 13.4. The second-order valence-electron chi connectivity index (χ2n) is 8.74. The number of aromatic nitrogens is 1. The van der Waals surface area contributed by atoms with Crippen LogP contribution < -0.4 is 15.6 Å². The number of anilines is 1. The molecule has 0 spiro atoms. The molecule has 5 rings (SSSR count). The average Bonchev–Trinajstić information content (AvgIpc) is 3.35. The van der Waals surface area contributed by atoms with E-state index in [4.69, 9.17) is 4.74 Å². The molecule has 1 fully saturated rings. The Labute approximate surface area is 192 Å². The Morgan fingerprint density at radius 1 is 1.09 bits per heavy atom. The Morgan fingerprint density at radius 3 is 2.48 bits per heavy atom. The maximum Gasteiger partial charge on any atom is 0.258 e. The highest BCUT2D eigenvalue weighted by molar-refractivity contribution is 5.95. The van der Waals surface area contributed by atoms with Crippen LogP contribution in [0.1, 0.15) is 11.7 Å². The van der Waals surface area contributed by atoms with Gasteiger partial charge in [0, 0.05) is 41.9 Å². The van der Waals surface area contributed by atoms with Crippen LogP contribution >= 0.6 is 0 Å². The number of likely N-dealkylation sites (N-methyl/N-ethyl adjacent to an activating group) is 1. The van der Waals surface area contributed by atoms with Crippen molar-refractivity contribution in [2.24, 2.45) is 11.8 Å². The summed E-state index contributed by atoms with van der Waals surface area (Å²) in [5.74, 6) is 0.306. The molecule has 2 aliphatic heterocycles. The number of rotatable bonds is 5. The van der Waals surface area contributed by atoms with Gasteiger partial charge in [0.1, 0.15) is 5.75 Å². The molecule has 170 valence electrons. The van der Waals surface area contributed by atoms with E-state index in [1.165, 1.54) is 0 Å². The van der Waals surface area contributed by atoms with Crippen molar-refractivity contribution in [2.75, 3.05) is 26.1 Å². The fourth-order valence-corrected chi connectivity index (χ4v) is 5.50. The van der Waals surface area contributed by atoms with Crippen molar-refractivity contribution in [2.45, 2.75) is 18.6 Å². The van der Waals surface area contributed by atoms with Crippen LogP contribution in [0.3, 0.4) is 0 Å². The van der Waals surface area contributed by atoms with Crippen LogP contribution in [0.4, 0.5) is 5.69 Å². The summed E-state index contributed by atoms with van der Waals surface area (Å²) in [6, 6.07) is 20.0. The van der Waals surface area contributed by atoms with Gasteiger partial charge in [0.25, 0.3) is 5.56 Å². The van der Waals surface area contributed by atoms with E-state index in [-0.39, 0.29) is 36.0 Å². The number of aliphatic hydroxyl groups excluding tert-OH is 1. The number of carbonyl (C=O) groups excluding carboxylic acids is 1. The van der Waals surface area contributed by atoms with Crippen molar-refractivity contribution in [1.29, 1.82) is 0 Å². The number of benzene rings is 2. The molecule has 4 atom stereocenters. The number of nitrogens with zero attached hydrogens (tertiary/aromatic N) is 2. The van der Waals surface area contributed by atoms with E-state index >= 15 is 0 Å². The summed E-state index contributed by atoms with van der Waals surface area (Å²) in [6.07, 6.45) is 0. The Balaban J connectivity index is 1.45. The SMILES string of the molecule is COc1ccc(-c2ccc3n(c2=O)C[C@@H]2[C@@H](CO)[C@H](C(=O)Nc4ccccc4)N(C)[C@H]32)cc1. The molecular weight excluding hydrogens is 418 g/mol. The highest BCUT2D eigenvalue weighted by Crippen LogP contribution is 2.48. The molecule has 3 aromatic rings. The van der Waals surface area contributed by atoms with Gasteiger partial charge in [0.2, 0.25) is 5.91 Å². The van der Waals surface area contributed by atoms with E-state index in [9.17, 15) is 14.7 Å². The molecule has 2 aromatic carbocycles. The lowest BCUT2D eigenvalue weighted by atomic mass is 9.88. The summed E-state index contributed by atoms with van der Waals surface area (Å²) in [6.45, 7) is 0.361. The van der Waals surface area contributed by atoms with E-state index in [0.717, 1.165) is 22.7 Å². The van der Waals surface area contributed by atoms with Gasteiger partial charge in [0.15, 0.2) is 0 Å². The van der Waals surface area contributed by atoms with Gasteiger partial charge in [-0.15, -0.1) is 0 Å². The lowest BCUT2D eigenvalue weighted by Gasteiger charge is -2.27. The minimum atomic E-state index is -0.477. The molecule has 0 saturated carbocycles. The maximum atomic E-state index is 13.4. The number of methoxy groups -OCH3 is 1. The van der Waals surface area contributed by atoms with E-state index in [2.05, 4.69) is 5.32 Å². The fraction of sp³-hybridized carbons (Fsp3) is 0.308. The standard InChI is InChI=1S/C26H27N3O4/c1-28-23-20(21(15-30)24(28)25(31)27-17-6-4-3-5-7-17)14-29-22(23)13-12-19(26(29)32)16-8-10-18(33-2)11-9-16/h3-13,20-21,23-24,30H,14-15H2,1-2H3,(H,27,31)/t20-,21-,23+,24-/m1/s1. The first kappa shape index (κ1) is 21.4. The van der Waals surface area contributed by atoms with Gasteiger partial charge in [-0.05, 0) is 49.0 Å². The second kappa shape index (κ2) is 8.50. The predicted molar refractivity (Wildman–Crippen MR) is 126 cm³/mol. The number of carbonyl (C=O) groups is 1. The molecule has 2 N–H and O–H groups in total. The molecule has 2 aliphatic rings. The molecular formula is C26H27N3O4. The largest absolute Gasteiger partial charge is 0.497 e. The van der Waals surface area contributed by atoms with Crippen molar-refractivity contribution in [3.05, 3.63) is 82.8 Å². The predicted octanol–water partition coefficient (Wildman–Crippen LogP) is 2.76. The smallest absolute Gasteiger partial charge is 0.258 e. The van der Waals surface area contributed by atoms with Gasteiger partial charge < -0.3 is 19.7 Å². The molecule has 7 heteroatoms. The highest BCUT2D eigenvalue weighted by atomic mass is 16.5. The summed E-state index contributed by atoms with van der Waals surface area (Å²) in [5.41, 5.74) is 3.02. The van der Waals surface area contributed by atoms with Crippen molar-refractivity contribution in [3.8, 4) is 16.9 Å². The zero-order valence-electron chi connectivity index (χ0n) is 18.6. The van der Waals surface area contributed by atoms with Crippen LogP contribution in [0.15, 0.2) is 71.5 Å². The van der Waals surface area contributed by atoms with Crippen LogP contribution in [0.25, 0.3) is 11.1 Å². The molecule has 0 unspecified atom stereocenters. The Hall–Kier alpha value is -3.42. The molecule has 1 saturated heterocycles. The first-order chi connectivity index (χ1) is 16.0. The summed E-state index contributed by atoms with van der Waals surface area (Å²) >= 11 is 0. The van der Waals surface area contributed by atoms with Crippen LogP contribution in [0.5, 0.6) is 5.75 Å². The third-order valence-electron chi connectivity index (χ3n) is 7.06. The first-order valence-corrected chi connectivity index (χ1v) is 11.1. The number of hydrogen-bond acceptors (Lipinski definition) is 5. The summed E-state index contributed by atoms with van der Waals surface area (Å²) < 4.78 is 7.02. The van der Waals surface area contributed by atoms with Gasteiger partial charge >= 0.3 is 0 Å². The number of likely N-dealkylation sites (tertiary alicyclic amines) is 1. The molecule has 3 heterocycles. The number of ether oxygens (including phenoxy) is 1. The lowest BCUT2D eigenvalue weighted by molar-refractivity contribution is -0.122. The number of pyridine rings is 1. The number of para-hydroxylation sites is 1. The summed E-state index contributed by atoms with van der Waals surface area (Å²) in [5, 5.41) is 13.2. The van der Waals surface area contributed by atoms with Crippen molar-refractivity contribution < 1.29 is 14.6 Å². The molecule has 33 heavy (non-hydrogen) atoms. The van der Waals surface area contributed by atoms with Crippen molar-refractivity contribution >= 4 is 11.6 Å². The fourth-order valence-electron chi connectivity index (χ4n) is 5.50. The molecule has 7 nitrogen and oxygen atoms in total. The minimum Gasteiger partial charge on any atom is -0.497 e. The van der Waals surface area contributed by atoms with Crippen LogP contribution in [0, 0.1) is 11.8 Å². The van der Waals surface area contributed by atoms with Gasteiger partial charge in [-0.2, -0.15) is 0 Å². The topological polar surface area (TPSA) is 83.8 Å². The van der Waals surface area contributed by atoms with E-state index in [0.29, 0.717) is 12.1 Å². The molecule has 0 aliphatic carbocycles. The first-order valence-electron chi connectivity index (χ1n) is 11.1. The second-order valence-corrected chi connectivity index (χ2v) is 8.74.